The van der Waals surface area contributed by atoms with Crippen molar-refractivity contribution >= 4 is 22.1 Å². The summed E-state index contributed by atoms with van der Waals surface area (Å²) in [5.41, 5.74) is 0. The Morgan fingerprint density at radius 2 is 1.50 bits per heavy atom. The Bertz CT molecular complexity index is 689. The summed E-state index contributed by atoms with van der Waals surface area (Å²) in [4.78, 5) is 1.58. The van der Waals surface area contributed by atoms with Gasteiger partial charge in [-0.05, 0) is 53.9 Å². The van der Waals surface area contributed by atoms with Gasteiger partial charge in [-0.3, -0.25) is 0 Å². The zero-order chi connectivity index (χ0) is 13.8. The SMILES string of the molecule is O=S(c1ccccc1)c1ccc(Oc2cccs2)cc1. The second-order valence-corrected chi connectivity index (χ2v) is 6.48. The zero-order valence-corrected chi connectivity index (χ0v) is 12.2. The van der Waals surface area contributed by atoms with Crippen molar-refractivity contribution in [2.75, 3.05) is 0 Å². The summed E-state index contributed by atoms with van der Waals surface area (Å²) >= 11 is 1.54. The molecule has 1 unspecified atom stereocenters. The minimum absolute atomic E-state index is 0.751. The molecule has 2 aromatic carbocycles. The van der Waals surface area contributed by atoms with Gasteiger partial charge in [-0.1, -0.05) is 18.2 Å². The highest BCUT2D eigenvalue weighted by Crippen LogP contribution is 2.27. The quantitative estimate of drug-likeness (QED) is 0.697. The Morgan fingerprint density at radius 3 is 2.15 bits per heavy atom. The average Bonchev–Trinajstić information content (AvgIpc) is 3.01. The number of rotatable bonds is 4. The summed E-state index contributed by atoms with van der Waals surface area (Å²) < 4.78 is 18.0. The maximum absolute atomic E-state index is 12.3. The van der Waals surface area contributed by atoms with Crippen LogP contribution in [0.4, 0.5) is 0 Å². The van der Waals surface area contributed by atoms with E-state index >= 15 is 0 Å². The van der Waals surface area contributed by atoms with Crippen LogP contribution in [-0.4, -0.2) is 4.21 Å². The van der Waals surface area contributed by atoms with E-state index in [2.05, 4.69) is 0 Å². The number of hydrogen-bond acceptors (Lipinski definition) is 3. The third kappa shape index (κ3) is 2.98. The fourth-order valence-electron chi connectivity index (χ4n) is 1.75. The summed E-state index contributed by atoms with van der Waals surface area (Å²) in [5.74, 6) is 0.751. The van der Waals surface area contributed by atoms with E-state index in [-0.39, 0.29) is 0 Å². The van der Waals surface area contributed by atoms with Gasteiger partial charge < -0.3 is 4.74 Å². The van der Waals surface area contributed by atoms with Gasteiger partial charge in [-0.25, -0.2) is 4.21 Å². The highest BCUT2D eigenvalue weighted by Gasteiger charge is 2.07. The lowest BCUT2D eigenvalue weighted by atomic mass is 10.3. The van der Waals surface area contributed by atoms with Crippen molar-refractivity contribution in [3.8, 4) is 10.8 Å². The lowest BCUT2D eigenvalue weighted by Crippen LogP contribution is -1.92. The van der Waals surface area contributed by atoms with Gasteiger partial charge in [0.1, 0.15) is 5.75 Å². The molecule has 20 heavy (non-hydrogen) atoms. The van der Waals surface area contributed by atoms with Crippen molar-refractivity contribution in [3.63, 3.8) is 0 Å². The van der Waals surface area contributed by atoms with Crippen molar-refractivity contribution in [1.29, 1.82) is 0 Å². The van der Waals surface area contributed by atoms with Crippen LogP contribution < -0.4 is 4.74 Å². The van der Waals surface area contributed by atoms with Crippen molar-refractivity contribution in [2.24, 2.45) is 0 Å². The lowest BCUT2D eigenvalue weighted by Gasteiger charge is -2.05. The first kappa shape index (κ1) is 13.1. The minimum atomic E-state index is -1.15. The van der Waals surface area contributed by atoms with E-state index in [0.29, 0.717) is 0 Å². The predicted molar refractivity (Wildman–Crippen MR) is 82.0 cm³/mol. The fourth-order valence-corrected chi connectivity index (χ4v) is 3.40. The molecule has 0 aliphatic carbocycles. The smallest absolute Gasteiger partial charge is 0.180 e. The molecule has 3 aromatic rings. The second kappa shape index (κ2) is 6.03. The number of ether oxygens (including phenoxy) is 1. The first-order valence-electron chi connectivity index (χ1n) is 6.11. The molecule has 1 aromatic heterocycles. The third-order valence-corrected chi connectivity index (χ3v) is 4.85. The molecule has 0 fully saturated rings. The fraction of sp³-hybridized carbons (Fsp3) is 0. The normalized spacial score (nSPS) is 12.0. The van der Waals surface area contributed by atoms with Crippen LogP contribution in [-0.2, 0) is 10.8 Å². The van der Waals surface area contributed by atoms with Crippen LogP contribution in [0.1, 0.15) is 0 Å². The van der Waals surface area contributed by atoms with Gasteiger partial charge in [0.15, 0.2) is 5.06 Å². The average molecular weight is 300 g/mol. The summed E-state index contributed by atoms with van der Waals surface area (Å²) in [6, 6.07) is 20.7. The first-order valence-corrected chi connectivity index (χ1v) is 8.14. The lowest BCUT2D eigenvalue weighted by molar-refractivity contribution is 0.496. The molecule has 100 valence electrons. The molecule has 0 bridgehead atoms. The summed E-state index contributed by atoms with van der Waals surface area (Å²) in [6.07, 6.45) is 0. The Labute approximate surface area is 124 Å². The highest BCUT2D eigenvalue weighted by molar-refractivity contribution is 7.85. The molecular formula is C16H12O2S2. The van der Waals surface area contributed by atoms with Crippen molar-refractivity contribution in [1.82, 2.24) is 0 Å². The number of hydrogen-bond donors (Lipinski definition) is 0. The Kier molecular flexibility index (Phi) is 3.95. The largest absolute Gasteiger partial charge is 0.447 e. The monoisotopic (exact) mass is 300 g/mol. The third-order valence-electron chi connectivity index (χ3n) is 2.71. The molecular weight excluding hydrogens is 288 g/mol. The Morgan fingerprint density at radius 1 is 0.800 bits per heavy atom. The first-order chi connectivity index (χ1) is 9.83. The van der Waals surface area contributed by atoms with Gasteiger partial charge in [0, 0.05) is 9.79 Å². The second-order valence-electron chi connectivity index (χ2n) is 4.09. The van der Waals surface area contributed by atoms with Crippen molar-refractivity contribution in [3.05, 3.63) is 72.1 Å². The van der Waals surface area contributed by atoms with Gasteiger partial charge in [0.2, 0.25) is 0 Å². The molecule has 3 rings (SSSR count). The van der Waals surface area contributed by atoms with Crippen LogP contribution in [0, 0.1) is 0 Å². The Balaban J connectivity index is 1.78. The van der Waals surface area contributed by atoms with E-state index in [9.17, 15) is 4.21 Å². The van der Waals surface area contributed by atoms with Crippen LogP contribution in [0.2, 0.25) is 0 Å². The van der Waals surface area contributed by atoms with Gasteiger partial charge in [-0.2, -0.15) is 0 Å². The molecule has 0 saturated carbocycles. The van der Waals surface area contributed by atoms with E-state index in [4.69, 9.17) is 4.74 Å². The van der Waals surface area contributed by atoms with Crippen molar-refractivity contribution < 1.29 is 8.95 Å². The molecule has 1 atom stereocenters. The molecule has 4 heteroatoms. The van der Waals surface area contributed by atoms with Crippen LogP contribution in [0.15, 0.2) is 81.9 Å². The van der Waals surface area contributed by atoms with E-state index in [1.807, 2.05) is 72.1 Å². The van der Waals surface area contributed by atoms with Gasteiger partial charge >= 0.3 is 0 Å². The van der Waals surface area contributed by atoms with Crippen LogP contribution in [0.5, 0.6) is 10.8 Å². The van der Waals surface area contributed by atoms with Crippen LogP contribution in [0.3, 0.4) is 0 Å². The number of benzene rings is 2. The van der Waals surface area contributed by atoms with Crippen LogP contribution >= 0.6 is 11.3 Å². The van der Waals surface area contributed by atoms with Crippen LogP contribution in [0.25, 0.3) is 0 Å². The van der Waals surface area contributed by atoms with E-state index in [1.165, 1.54) is 0 Å². The van der Waals surface area contributed by atoms with Gasteiger partial charge in [0.25, 0.3) is 0 Å². The van der Waals surface area contributed by atoms with E-state index in [1.54, 1.807) is 11.3 Å². The molecule has 0 saturated heterocycles. The summed E-state index contributed by atoms with van der Waals surface area (Å²) in [6.45, 7) is 0. The maximum Gasteiger partial charge on any atom is 0.180 e. The topological polar surface area (TPSA) is 26.3 Å². The van der Waals surface area contributed by atoms with Gasteiger partial charge in [-0.15, -0.1) is 11.3 Å². The molecule has 1 heterocycles. The molecule has 2 nitrogen and oxygen atoms in total. The molecule has 0 aliphatic rings. The highest BCUT2D eigenvalue weighted by atomic mass is 32.2. The number of thiophene rings is 1. The molecule has 0 aliphatic heterocycles. The maximum atomic E-state index is 12.3. The Hall–Kier alpha value is -1.91. The van der Waals surface area contributed by atoms with Gasteiger partial charge in [0.05, 0.1) is 10.8 Å². The molecule has 0 N–H and O–H groups in total. The summed E-state index contributed by atoms with van der Waals surface area (Å²) in [7, 11) is -1.15. The summed E-state index contributed by atoms with van der Waals surface area (Å²) in [5, 5.41) is 2.82. The minimum Gasteiger partial charge on any atom is -0.447 e. The zero-order valence-electron chi connectivity index (χ0n) is 10.6. The standard InChI is InChI=1S/C16H12O2S2/c17-20(14-5-2-1-3-6-14)15-10-8-13(9-11-15)18-16-7-4-12-19-16/h1-12H. The van der Waals surface area contributed by atoms with E-state index < -0.39 is 10.8 Å². The molecule has 0 spiro atoms. The molecule has 0 radical (unpaired) electrons. The van der Waals surface area contributed by atoms with E-state index in [0.717, 1.165) is 20.6 Å². The molecule has 0 amide bonds. The van der Waals surface area contributed by atoms with Crippen molar-refractivity contribution in [2.45, 2.75) is 9.79 Å². The predicted octanol–water partition coefficient (Wildman–Crippen LogP) is 4.71.